The zero-order valence-corrected chi connectivity index (χ0v) is 12.7. The molecule has 0 unspecified atom stereocenters. The summed E-state index contributed by atoms with van der Waals surface area (Å²) in [5.74, 6) is -0.321. The summed E-state index contributed by atoms with van der Waals surface area (Å²) in [6.07, 6.45) is 2.79. The number of hydrogen-bond acceptors (Lipinski definition) is 5. The van der Waals surface area contributed by atoms with E-state index in [4.69, 9.17) is 0 Å². The highest BCUT2D eigenvalue weighted by molar-refractivity contribution is 7.90. The molecule has 1 N–H and O–H groups in total. The molecule has 1 amide bonds. The van der Waals surface area contributed by atoms with Gasteiger partial charge in [0.25, 0.3) is 5.91 Å². The van der Waals surface area contributed by atoms with Crippen molar-refractivity contribution in [2.45, 2.75) is 17.9 Å². The molecule has 20 heavy (non-hydrogen) atoms. The Morgan fingerprint density at radius 1 is 1.40 bits per heavy atom. The number of amides is 1. The third kappa shape index (κ3) is 3.43. The van der Waals surface area contributed by atoms with Crippen molar-refractivity contribution in [2.75, 3.05) is 6.26 Å². The van der Waals surface area contributed by atoms with Crippen molar-refractivity contribution in [2.24, 2.45) is 0 Å². The first-order chi connectivity index (χ1) is 9.38. The van der Waals surface area contributed by atoms with E-state index in [2.05, 4.69) is 10.3 Å². The molecule has 0 saturated carbocycles. The number of nitrogens with one attached hydrogen (secondary N) is 1. The van der Waals surface area contributed by atoms with Crippen molar-refractivity contribution in [1.82, 2.24) is 10.3 Å². The first-order valence-electron chi connectivity index (χ1n) is 5.88. The number of hydrogen-bond donors (Lipinski definition) is 1. The summed E-state index contributed by atoms with van der Waals surface area (Å²) in [5, 5.41) is 5.43. The minimum absolute atomic E-state index is 0.132. The molecule has 0 bridgehead atoms. The van der Waals surface area contributed by atoms with Crippen molar-refractivity contribution in [3.8, 4) is 0 Å². The zero-order chi connectivity index (χ0) is 14.8. The van der Waals surface area contributed by atoms with Crippen LogP contribution >= 0.6 is 11.3 Å². The highest BCUT2D eigenvalue weighted by Gasteiger charge is 2.15. The molecule has 0 fully saturated rings. The van der Waals surface area contributed by atoms with Gasteiger partial charge in [-0.05, 0) is 25.1 Å². The van der Waals surface area contributed by atoms with Gasteiger partial charge in [-0.15, -0.1) is 11.3 Å². The average molecular weight is 310 g/mol. The van der Waals surface area contributed by atoms with Crippen LogP contribution in [0.4, 0.5) is 0 Å². The molecule has 0 spiro atoms. The van der Waals surface area contributed by atoms with Gasteiger partial charge in [0.05, 0.1) is 10.9 Å². The molecular weight excluding hydrogens is 296 g/mol. The van der Waals surface area contributed by atoms with Gasteiger partial charge in [0.15, 0.2) is 9.84 Å². The van der Waals surface area contributed by atoms with E-state index in [-0.39, 0.29) is 16.8 Å². The standard InChI is InChI=1S/C13H14N2O3S2/c1-9(13-14-6-7-19-13)15-12(16)10-4-3-5-11(8-10)20(2,17)18/h3-9H,1-2H3,(H,15,16)/t9-/m1/s1. The monoisotopic (exact) mass is 310 g/mol. The van der Waals surface area contributed by atoms with Gasteiger partial charge in [-0.25, -0.2) is 13.4 Å². The van der Waals surface area contributed by atoms with Gasteiger partial charge in [0.2, 0.25) is 0 Å². The van der Waals surface area contributed by atoms with Crippen LogP contribution in [0.3, 0.4) is 0 Å². The fraction of sp³-hybridized carbons (Fsp3) is 0.231. The molecule has 0 saturated heterocycles. The number of benzene rings is 1. The molecule has 1 aromatic heterocycles. The van der Waals surface area contributed by atoms with Crippen molar-refractivity contribution >= 4 is 27.1 Å². The molecule has 5 nitrogen and oxygen atoms in total. The summed E-state index contributed by atoms with van der Waals surface area (Å²) in [5.41, 5.74) is 0.316. The van der Waals surface area contributed by atoms with Crippen LogP contribution in [0.2, 0.25) is 0 Å². The number of sulfone groups is 1. The summed E-state index contributed by atoms with van der Waals surface area (Å²) in [6.45, 7) is 1.83. The smallest absolute Gasteiger partial charge is 0.251 e. The lowest BCUT2D eigenvalue weighted by atomic mass is 10.2. The van der Waals surface area contributed by atoms with E-state index in [1.807, 2.05) is 12.3 Å². The summed E-state index contributed by atoms with van der Waals surface area (Å²) >= 11 is 1.45. The number of aromatic nitrogens is 1. The van der Waals surface area contributed by atoms with E-state index in [9.17, 15) is 13.2 Å². The molecule has 7 heteroatoms. The molecule has 2 rings (SSSR count). The number of thiazole rings is 1. The van der Waals surface area contributed by atoms with Crippen molar-refractivity contribution in [3.05, 3.63) is 46.4 Å². The Morgan fingerprint density at radius 3 is 2.75 bits per heavy atom. The quantitative estimate of drug-likeness (QED) is 0.937. The first kappa shape index (κ1) is 14.7. The largest absolute Gasteiger partial charge is 0.343 e. The van der Waals surface area contributed by atoms with Crippen molar-refractivity contribution in [1.29, 1.82) is 0 Å². The van der Waals surface area contributed by atoms with Crippen LogP contribution in [0.5, 0.6) is 0 Å². The van der Waals surface area contributed by atoms with Gasteiger partial charge in [-0.1, -0.05) is 6.07 Å². The zero-order valence-electron chi connectivity index (χ0n) is 11.0. The maximum atomic E-state index is 12.1. The van der Waals surface area contributed by atoms with E-state index in [0.29, 0.717) is 5.56 Å². The van der Waals surface area contributed by atoms with Gasteiger partial charge < -0.3 is 5.32 Å². The summed E-state index contributed by atoms with van der Waals surface area (Å²) in [4.78, 5) is 16.4. The highest BCUT2D eigenvalue weighted by atomic mass is 32.2. The number of carbonyl (C=O) groups is 1. The van der Waals surface area contributed by atoms with Crippen molar-refractivity contribution in [3.63, 3.8) is 0 Å². The molecule has 1 aromatic carbocycles. The summed E-state index contributed by atoms with van der Waals surface area (Å²) in [6, 6.07) is 5.76. The third-order valence-electron chi connectivity index (χ3n) is 2.69. The molecule has 0 aliphatic heterocycles. The normalized spacial score (nSPS) is 12.9. The van der Waals surface area contributed by atoms with Crippen LogP contribution in [-0.4, -0.2) is 25.6 Å². The van der Waals surface area contributed by atoms with Gasteiger partial charge >= 0.3 is 0 Å². The van der Waals surface area contributed by atoms with Gasteiger partial charge in [-0.3, -0.25) is 4.79 Å². The minimum atomic E-state index is -3.32. The molecule has 0 aliphatic carbocycles. The van der Waals surface area contributed by atoms with Crippen molar-refractivity contribution < 1.29 is 13.2 Å². The second-order valence-corrected chi connectivity index (χ2v) is 7.31. The minimum Gasteiger partial charge on any atom is -0.343 e. The predicted molar refractivity (Wildman–Crippen MR) is 77.5 cm³/mol. The fourth-order valence-corrected chi connectivity index (χ4v) is 2.97. The average Bonchev–Trinajstić information content (AvgIpc) is 2.91. The first-order valence-corrected chi connectivity index (χ1v) is 8.65. The van der Waals surface area contributed by atoms with E-state index in [1.165, 1.54) is 23.5 Å². The van der Waals surface area contributed by atoms with E-state index >= 15 is 0 Å². The molecular formula is C13H14N2O3S2. The summed E-state index contributed by atoms with van der Waals surface area (Å²) in [7, 11) is -3.32. The Labute approximate surface area is 121 Å². The maximum absolute atomic E-state index is 12.1. The maximum Gasteiger partial charge on any atom is 0.251 e. The van der Waals surface area contributed by atoms with Crippen LogP contribution in [0.15, 0.2) is 40.7 Å². The van der Waals surface area contributed by atoms with Crippen LogP contribution in [0, 0.1) is 0 Å². The van der Waals surface area contributed by atoms with Gasteiger partial charge in [0.1, 0.15) is 5.01 Å². The Kier molecular flexibility index (Phi) is 4.20. The van der Waals surface area contributed by atoms with Gasteiger partial charge in [-0.2, -0.15) is 0 Å². The van der Waals surface area contributed by atoms with Crippen LogP contribution < -0.4 is 5.32 Å². The lowest BCUT2D eigenvalue weighted by Gasteiger charge is -2.11. The third-order valence-corrected chi connectivity index (χ3v) is 4.76. The van der Waals surface area contributed by atoms with Crippen LogP contribution in [0.25, 0.3) is 0 Å². The number of rotatable bonds is 4. The van der Waals surface area contributed by atoms with E-state index in [0.717, 1.165) is 11.3 Å². The van der Waals surface area contributed by atoms with E-state index in [1.54, 1.807) is 18.3 Å². The van der Waals surface area contributed by atoms with Crippen LogP contribution in [0.1, 0.15) is 28.3 Å². The number of nitrogens with zero attached hydrogens (tertiary/aromatic N) is 1. The molecule has 0 radical (unpaired) electrons. The predicted octanol–water partition coefficient (Wildman–Crippen LogP) is 2.04. The van der Waals surface area contributed by atoms with Crippen LogP contribution in [-0.2, 0) is 9.84 Å². The molecule has 1 heterocycles. The Balaban J connectivity index is 2.18. The second-order valence-electron chi connectivity index (χ2n) is 4.37. The lowest BCUT2D eigenvalue weighted by molar-refractivity contribution is 0.0939. The lowest BCUT2D eigenvalue weighted by Crippen LogP contribution is -2.26. The Bertz CT molecular complexity index is 709. The molecule has 2 aromatic rings. The fourth-order valence-electron chi connectivity index (χ4n) is 1.66. The Hall–Kier alpha value is -1.73. The van der Waals surface area contributed by atoms with E-state index < -0.39 is 9.84 Å². The SMILES string of the molecule is C[C@@H](NC(=O)c1cccc(S(C)(=O)=O)c1)c1nccs1. The molecule has 106 valence electrons. The Morgan fingerprint density at radius 2 is 2.15 bits per heavy atom. The summed E-state index contributed by atoms with van der Waals surface area (Å²) < 4.78 is 23.0. The molecule has 1 atom stereocenters. The highest BCUT2D eigenvalue weighted by Crippen LogP contribution is 2.16. The number of carbonyl (C=O) groups excluding carboxylic acids is 1. The second kappa shape index (κ2) is 5.72. The van der Waals surface area contributed by atoms with Gasteiger partial charge in [0, 0.05) is 23.4 Å². The topological polar surface area (TPSA) is 76.1 Å². The molecule has 0 aliphatic rings.